The minimum absolute atomic E-state index is 0.278. The number of nitrogens with one attached hydrogen (secondary N) is 1. The molecule has 69 valence electrons. The van der Waals surface area contributed by atoms with Gasteiger partial charge >= 0.3 is 0 Å². The molecule has 1 N–H and O–H groups in total. The lowest BCUT2D eigenvalue weighted by Gasteiger charge is -2.32. The fraction of sp³-hybridized carbons (Fsp3) is 0.500. The SMILES string of the molecule is [NH]C1(c2ccccc2)CCCCC1. The summed E-state index contributed by atoms with van der Waals surface area (Å²) in [6.07, 6.45) is 5.83. The zero-order valence-corrected chi connectivity index (χ0v) is 7.92. The Morgan fingerprint density at radius 2 is 1.54 bits per heavy atom. The van der Waals surface area contributed by atoms with Crippen molar-refractivity contribution in [3.05, 3.63) is 35.9 Å². The first-order chi connectivity index (χ1) is 6.31. The van der Waals surface area contributed by atoms with Crippen LogP contribution in [-0.2, 0) is 5.54 Å². The first-order valence-corrected chi connectivity index (χ1v) is 5.12. The van der Waals surface area contributed by atoms with Crippen LogP contribution in [0.3, 0.4) is 0 Å². The smallest absolute Gasteiger partial charge is 0.0572 e. The van der Waals surface area contributed by atoms with Crippen LogP contribution in [0.15, 0.2) is 30.3 Å². The maximum absolute atomic E-state index is 8.36. The molecule has 1 aliphatic rings. The highest BCUT2D eigenvalue weighted by atomic mass is 14.7. The van der Waals surface area contributed by atoms with E-state index in [2.05, 4.69) is 12.1 Å². The molecule has 0 amide bonds. The molecule has 1 saturated carbocycles. The Balaban J connectivity index is 2.23. The summed E-state index contributed by atoms with van der Waals surface area (Å²) in [6, 6.07) is 10.3. The van der Waals surface area contributed by atoms with Crippen molar-refractivity contribution in [2.75, 3.05) is 0 Å². The molecule has 1 nitrogen and oxygen atoms in total. The van der Waals surface area contributed by atoms with Gasteiger partial charge in [-0.25, -0.2) is 5.73 Å². The van der Waals surface area contributed by atoms with Gasteiger partial charge in [0.2, 0.25) is 0 Å². The van der Waals surface area contributed by atoms with Gasteiger partial charge in [0, 0.05) is 0 Å². The highest BCUT2D eigenvalue weighted by Crippen LogP contribution is 2.35. The molecule has 0 bridgehead atoms. The Morgan fingerprint density at radius 1 is 0.923 bits per heavy atom. The first kappa shape index (κ1) is 8.76. The fourth-order valence-electron chi connectivity index (χ4n) is 2.20. The van der Waals surface area contributed by atoms with Crippen LogP contribution in [0.25, 0.3) is 0 Å². The second-order valence-electron chi connectivity index (χ2n) is 4.01. The van der Waals surface area contributed by atoms with Crippen molar-refractivity contribution in [2.45, 2.75) is 37.6 Å². The van der Waals surface area contributed by atoms with E-state index in [1.54, 1.807) is 0 Å². The lowest BCUT2D eigenvalue weighted by molar-refractivity contribution is 0.291. The molecule has 0 saturated heterocycles. The van der Waals surface area contributed by atoms with Gasteiger partial charge in [-0.1, -0.05) is 49.6 Å². The minimum Gasteiger partial charge on any atom is -0.246 e. The van der Waals surface area contributed by atoms with Gasteiger partial charge in [0.15, 0.2) is 0 Å². The van der Waals surface area contributed by atoms with E-state index in [1.165, 1.54) is 24.8 Å². The van der Waals surface area contributed by atoms with Crippen molar-refractivity contribution in [3.8, 4) is 0 Å². The average Bonchev–Trinajstić information content (AvgIpc) is 2.20. The van der Waals surface area contributed by atoms with E-state index in [4.69, 9.17) is 5.73 Å². The molecule has 0 heterocycles. The Hall–Kier alpha value is -0.820. The van der Waals surface area contributed by atoms with E-state index in [9.17, 15) is 0 Å². The highest BCUT2D eigenvalue weighted by Gasteiger charge is 2.29. The Labute approximate surface area is 80.0 Å². The second kappa shape index (κ2) is 3.51. The number of rotatable bonds is 1. The molecule has 0 aliphatic heterocycles. The number of benzene rings is 1. The molecule has 1 heteroatoms. The molecular formula is C12H16N. The van der Waals surface area contributed by atoms with Crippen LogP contribution < -0.4 is 5.73 Å². The predicted molar refractivity (Wildman–Crippen MR) is 54.3 cm³/mol. The van der Waals surface area contributed by atoms with E-state index in [0.29, 0.717) is 0 Å². The molecule has 1 radical (unpaired) electrons. The lowest BCUT2D eigenvalue weighted by atomic mass is 9.77. The van der Waals surface area contributed by atoms with E-state index < -0.39 is 0 Å². The predicted octanol–water partition coefficient (Wildman–Crippen LogP) is 3.13. The zero-order valence-electron chi connectivity index (χ0n) is 7.92. The van der Waals surface area contributed by atoms with Crippen molar-refractivity contribution in [2.24, 2.45) is 0 Å². The summed E-state index contributed by atoms with van der Waals surface area (Å²) in [6.45, 7) is 0. The molecule has 1 fully saturated rings. The Kier molecular flexibility index (Phi) is 2.36. The van der Waals surface area contributed by atoms with Crippen molar-refractivity contribution in [1.29, 1.82) is 0 Å². The standard InChI is InChI=1S/C12H16N/c13-12(9-5-2-6-10-12)11-7-3-1-4-8-11/h1,3-4,7-8,13H,2,5-6,9-10H2. The first-order valence-electron chi connectivity index (χ1n) is 5.12. The molecule has 1 aromatic rings. The summed E-state index contributed by atoms with van der Waals surface area (Å²) < 4.78 is 0. The zero-order chi connectivity index (χ0) is 9.15. The molecule has 1 aromatic carbocycles. The van der Waals surface area contributed by atoms with Crippen LogP contribution in [0.4, 0.5) is 0 Å². The largest absolute Gasteiger partial charge is 0.246 e. The Bertz CT molecular complexity index is 260. The van der Waals surface area contributed by atoms with Crippen LogP contribution in [0.5, 0.6) is 0 Å². The monoisotopic (exact) mass is 174 g/mol. The van der Waals surface area contributed by atoms with E-state index >= 15 is 0 Å². The molecular weight excluding hydrogens is 158 g/mol. The summed E-state index contributed by atoms with van der Waals surface area (Å²) in [5.41, 5.74) is 9.29. The van der Waals surface area contributed by atoms with Crippen molar-refractivity contribution in [3.63, 3.8) is 0 Å². The van der Waals surface area contributed by atoms with Gasteiger partial charge in [0.1, 0.15) is 0 Å². The van der Waals surface area contributed by atoms with E-state index in [-0.39, 0.29) is 5.54 Å². The highest BCUT2D eigenvalue weighted by molar-refractivity contribution is 5.23. The summed E-state index contributed by atoms with van der Waals surface area (Å²) in [5.74, 6) is 0. The van der Waals surface area contributed by atoms with E-state index in [1.807, 2.05) is 18.2 Å². The van der Waals surface area contributed by atoms with Crippen molar-refractivity contribution >= 4 is 0 Å². The summed E-state index contributed by atoms with van der Waals surface area (Å²) in [7, 11) is 0. The lowest BCUT2D eigenvalue weighted by Crippen LogP contribution is -2.30. The van der Waals surface area contributed by atoms with Gasteiger partial charge in [0.25, 0.3) is 0 Å². The van der Waals surface area contributed by atoms with Crippen molar-refractivity contribution in [1.82, 2.24) is 5.73 Å². The fourth-order valence-corrected chi connectivity index (χ4v) is 2.20. The van der Waals surface area contributed by atoms with Gasteiger partial charge in [-0.05, 0) is 18.4 Å². The summed E-state index contributed by atoms with van der Waals surface area (Å²) in [5, 5.41) is 0. The third kappa shape index (κ3) is 1.75. The van der Waals surface area contributed by atoms with Gasteiger partial charge in [-0.2, -0.15) is 0 Å². The summed E-state index contributed by atoms with van der Waals surface area (Å²) in [4.78, 5) is 0. The number of hydrogen-bond acceptors (Lipinski definition) is 0. The quantitative estimate of drug-likeness (QED) is 0.624. The maximum atomic E-state index is 8.36. The molecule has 2 rings (SSSR count). The normalized spacial score (nSPS) is 21.3. The minimum atomic E-state index is -0.278. The third-order valence-corrected chi connectivity index (χ3v) is 3.03. The van der Waals surface area contributed by atoms with Crippen molar-refractivity contribution < 1.29 is 0 Å². The topological polar surface area (TPSA) is 23.8 Å². The van der Waals surface area contributed by atoms with Gasteiger partial charge in [-0.15, -0.1) is 0 Å². The van der Waals surface area contributed by atoms with Crippen LogP contribution >= 0.6 is 0 Å². The van der Waals surface area contributed by atoms with Crippen LogP contribution in [0.1, 0.15) is 37.7 Å². The molecule has 0 spiro atoms. The average molecular weight is 174 g/mol. The molecule has 13 heavy (non-hydrogen) atoms. The Morgan fingerprint density at radius 3 is 2.15 bits per heavy atom. The van der Waals surface area contributed by atoms with Gasteiger partial charge in [-0.3, -0.25) is 0 Å². The maximum Gasteiger partial charge on any atom is 0.0572 e. The van der Waals surface area contributed by atoms with Gasteiger partial charge < -0.3 is 0 Å². The third-order valence-electron chi connectivity index (χ3n) is 3.03. The van der Waals surface area contributed by atoms with Crippen LogP contribution in [0, 0.1) is 0 Å². The van der Waals surface area contributed by atoms with Gasteiger partial charge in [0.05, 0.1) is 5.54 Å². The molecule has 1 aliphatic carbocycles. The molecule has 0 atom stereocenters. The van der Waals surface area contributed by atoms with Crippen LogP contribution in [-0.4, -0.2) is 0 Å². The van der Waals surface area contributed by atoms with E-state index in [0.717, 1.165) is 12.8 Å². The molecule has 0 unspecified atom stereocenters. The van der Waals surface area contributed by atoms with Crippen LogP contribution in [0.2, 0.25) is 0 Å². The second-order valence-corrected chi connectivity index (χ2v) is 4.01. The number of hydrogen-bond donors (Lipinski definition) is 0. The summed E-state index contributed by atoms with van der Waals surface area (Å²) >= 11 is 0. The molecule has 0 aromatic heterocycles.